The van der Waals surface area contributed by atoms with Gasteiger partial charge in [-0.25, -0.2) is 0 Å². The Balaban J connectivity index is 1.44. The molecule has 24 heavy (non-hydrogen) atoms. The summed E-state index contributed by atoms with van der Waals surface area (Å²) in [7, 11) is 0. The molecule has 1 aliphatic rings. The zero-order valence-electron chi connectivity index (χ0n) is 14.0. The molecule has 0 aliphatic carbocycles. The van der Waals surface area contributed by atoms with Crippen LogP contribution in [0.1, 0.15) is 23.6 Å². The second-order valence-electron chi connectivity index (χ2n) is 6.28. The summed E-state index contributed by atoms with van der Waals surface area (Å²) < 4.78 is 0. The lowest BCUT2D eigenvalue weighted by atomic mass is 10.1. The third kappa shape index (κ3) is 4.41. The largest absolute Gasteiger partial charge is 0.301 e. The van der Waals surface area contributed by atoms with Gasteiger partial charge < -0.3 is 4.90 Å². The molecule has 1 aromatic heterocycles. The van der Waals surface area contributed by atoms with Crippen LogP contribution in [0.2, 0.25) is 0 Å². The number of piperazine rings is 1. The van der Waals surface area contributed by atoms with E-state index in [1.165, 1.54) is 12.0 Å². The van der Waals surface area contributed by atoms with Crippen molar-refractivity contribution in [2.24, 2.45) is 0 Å². The lowest BCUT2D eigenvalue weighted by Gasteiger charge is -2.37. The van der Waals surface area contributed by atoms with E-state index >= 15 is 0 Å². The van der Waals surface area contributed by atoms with E-state index in [2.05, 4.69) is 51.2 Å². The summed E-state index contributed by atoms with van der Waals surface area (Å²) in [5.74, 6) is 0. The molecule has 0 radical (unpaired) electrons. The van der Waals surface area contributed by atoms with Gasteiger partial charge in [-0.1, -0.05) is 36.4 Å². The van der Waals surface area contributed by atoms with E-state index < -0.39 is 0 Å². The standard InChI is InChI=1S/C20H24N4/c21-16-20(19-9-4-10-22-17-19)24-14-12-23(13-15-24)11-5-8-18-6-2-1-3-7-18/h1-4,6-7,9-10,17,20H,5,8,11-15H2. The Morgan fingerprint density at radius 3 is 2.50 bits per heavy atom. The summed E-state index contributed by atoms with van der Waals surface area (Å²) in [6, 6.07) is 16.8. The van der Waals surface area contributed by atoms with Crippen LogP contribution in [-0.4, -0.2) is 47.5 Å². The lowest BCUT2D eigenvalue weighted by Crippen LogP contribution is -2.47. The van der Waals surface area contributed by atoms with Crippen LogP contribution in [-0.2, 0) is 6.42 Å². The van der Waals surface area contributed by atoms with Crippen LogP contribution in [0.5, 0.6) is 0 Å². The molecule has 0 amide bonds. The molecule has 1 saturated heterocycles. The van der Waals surface area contributed by atoms with Gasteiger partial charge in [-0.2, -0.15) is 5.26 Å². The molecule has 0 spiro atoms. The van der Waals surface area contributed by atoms with E-state index in [1.54, 1.807) is 12.4 Å². The fourth-order valence-electron chi connectivity index (χ4n) is 3.30. The molecule has 0 saturated carbocycles. The van der Waals surface area contributed by atoms with Crippen molar-refractivity contribution >= 4 is 0 Å². The highest BCUT2D eigenvalue weighted by atomic mass is 15.3. The Bertz CT molecular complexity index is 642. The number of nitrogens with zero attached hydrogens (tertiary/aromatic N) is 4. The van der Waals surface area contributed by atoms with Crippen LogP contribution < -0.4 is 0 Å². The highest BCUT2D eigenvalue weighted by Gasteiger charge is 2.24. The highest BCUT2D eigenvalue weighted by Crippen LogP contribution is 2.20. The van der Waals surface area contributed by atoms with Crippen molar-refractivity contribution in [1.82, 2.24) is 14.8 Å². The maximum absolute atomic E-state index is 9.53. The SMILES string of the molecule is N#CC(c1cccnc1)N1CCN(CCCc2ccccc2)CC1. The number of hydrogen-bond donors (Lipinski definition) is 0. The molecule has 0 N–H and O–H groups in total. The minimum Gasteiger partial charge on any atom is -0.301 e. The molecule has 1 aliphatic heterocycles. The molecule has 1 aromatic carbocycles. The average Bonchev–Trinajstić information content (AvgIpc) is 2.65. The molecular formula is C20H24N4. The van der Waals surface area contributed by atoms with E-state index in [-0.39, 0.29) is 6.04 Å². The number of nitriles is 1. The summed E-state index contributed by atoms with van der Waals surface area (Å²) >= 11 is 0. The Morgan fingerprint density at radius 2 is 1.83 bits per heavy atom. The summed E-state index contributed by atoms with van der Waals surface area (Å²) in [5, 5.41) is 9.53. The van der Waals surface area contributed by atoms with Gasteiger partial charge in [0.05, 0.1) is 6.07 Å². The monoisotopic (exact) mass is 320 g/mol. The number of aromatic nitrogens is 1. The minimum absolute atomic E-state index is 0.176. The Hall–Kier alpha value is -2.22. The lowest BCUT2D eigenvalue weighted by molar-refractivity contribution is 0.113. The Kier molecular flexibility index (Phi) is 5.95. The van der Waals surface area contributed by atoms with Crippen LogP contribution in [0.25, 0.3) is 0 Å². The molecule has 1 unspecified atom stereocenters. The van der Waals surface area contributed by atoms with E-state index in [0.29, 0.717) is 0 Å². The third-order valence-electron chi connectivity index (χ3n) is 4.68. The topological polar surface area (TPSA) is 43.2 Å². The Labute approximate surface area is 144 Å². The first kappa shape index (κ1) is 16.6. The Morgan fingerprint density at radius 1 is 1.04 bits per heavy atom. The zero-order chi connectivity index (χ0) is 16.6. The number of hydrogen-bond acceptors (Lipinski definition) is 4. The third-order valence-corrected chi connectivity index (χ3v) is 4.68. The van der Waals surface area contributed by atoms with Crippen molar-refractivity contribution in [3.8, 4) is 6.07 Å². The molecular weight excluding hydrogens is 296 g/mol. The second kappa shape index (κ2) is 8.58. The van der Waals surface area contributed by atoms with Gasteiger partial charge in [-0.3, -0.25) is 9.88 Å². The van der Waals surface area contributed by atoms with Crippen molar-refractivity contribution in [3.63, 3.8) is 0 Å². The molecule has 0 bridgehead atoms. The van der Waals surface area contributed by atoms with Crippen molar-refractivity contribution in [2.75, 3.05) is 32.7 Å². The van der Waals surface area contributed by atoms with Gasteiger partial charge in [0, 0.05) is 44.1 Å². The van der Waals surface area contributed by atoms with Gasteiger partial charge in [0.25, 0.3) is 0 Å². The van der Waals surface area contributed by atoms with Gasteiger partial charge in [0.15, 0.2) is 0 Å². The van der Waals surface area contributed by atoms with Crippen LogP contribution in [0.4, 0.5) is 0 Å². The predicted molar refractivity (Wildman–Crippen MR) is 95.4 cm³/mol. The first-order valence-electron chi connectivity index (χ1n) is 8.66. The fourth-order valence-corrected chi connectivity index (χ4v) is 3.30. The summed E-state index contributed by atoms with van der Waals surface area (Å²) in [5.41, 5.74) is 2.41. The van der Waals surface area contributed by atoms with Crippen molar-refractivity contribution in [3.05, 3.63) is 66.0 Å². The van der Waals surface area contributed by atoms with Crippen molar-refractivity contribution in [2.45, 2.75) is 18.9 Å². The number of aryl methyl sites for hydroxylation is 1. The van der Waals surface area contributed by atoms with Crippen molar-refractivity contribution < 1.29 is 0 Å². The van der Waals surface area contributed by atoms with Crippen molar-refractivity contribution in [1.29, 1.82) is 5.26 Å². The second-order valence-corrected chi connectivity index (χ2v) is 6.28. The molecule has 3 rings (SSSR count). The predicted octanol–water partition coefficient (Wildman–Crippen LogP) is 2.90. The maximum atomic E-state index is 9.53. The van der Waals surface area contributed by atoms with E-state index in [9.17, 15) is 5.26 Å². The zero-order valence-corrected chi connectivity index (χ0v) is 14.0. The summed E-state index contributed by atoms with van der Waals surface area (Å²) in [4.78, 5) is 8.92. The normalized spacial score (nSPS) is 17.3. The molecule has 1 atom stereocenters. The maximum Gasteiger partial charge on any atom is 0.125 e. The quantitative estimate of drug-likeness (QED) is 0.821. The molecule has 2 aromatic rings. The molecule has 2 heterocycles. The first-order chi connectivity index (χ1) is 11.9. The van der Waals surface area contributed by atoms with E-state index in [4.69, 9.17) is 0 Å². The van der Waals surface area contributed by atoms with Gasteiger partial charge in [0.1, 0.15) is 6.04 Å². The minimum atomic E-state index is -0.176. The average molecular weight is 320 g/mol. The van der Waals surface area contributed by atoms with Gasteiger partial charge in [0.2, 0.25) is 0 Å². The number of benzene rings is 1. The molecule has 1 fully saturated rings. The molecule has 4 nitrogen and oxygen atoms in total. The molecule has 124 valence electrons. The fraction of sp³-hybridized carbons (Fsp3) is 0.400. The first-order valence-corrected chi connectivity index (χ1v) is 8.66. The number of pyridine rings is 1. The number of rotatable bonds is 6. The van der Waals surface area contributed by atoms with Gasteiger partial charge in [-0.15, -0.1) is 0 Å². The van der Waals surface area contributed by atoms with E-state index in [0.717, 1.165) is 44.7 Å². The van der Waals surface area contributed by atoms with Crippen LogP contribution in [0.15, 0.2) is 54.9 Å². The van der Waals surface area contributed by atoms with Gasteiger partial charge >= 0.3 is 0 Å². The summed E-state index contributed by atoms with van der Waals surface area (Å²) in [6.07, 6.45) is 5.88. The van der Waals surface area contributed by atoms with Gasteiger partial charge in [-0.05, 0) is 31.0 Å². The van der Waals surface area contributed by atoms with Crippen LogP contribution in [0.3, 0.4) is 0 Å². The van der Waals surface area contributed by atoms with E-state index in [1.807, 2.05) is 12.1 Å². The highest BCUT2D eigenvalue weighted by molar-refractivity contribution is 5.20. The van der Waals surface area contributed by atoms with Crippen LogP contribution >= 0.6 is 0 Å². The summed E-state index contributed by atoms with van der Waals surface area (Å²) in [6.45, 7) is 5.09. The van der Waals surface area contributed by atoms with Crippen LogP contribution in [0, 0.1) is 11.3 Å². The smallest absolute Gasteiger partial charge is 0.125 e. The molecule has 4 heteroatoms.